The van der Waals surface area contributed by atoms with Crippen LogP contribution in [-0.4, -0.2) is 15.1 Å². The fourth-order valence-corrected chi connectivity index (χ4v) is 2.99. The van der Waals surface area contributed by atoms with Crippen molar-refractivity contribution in [3.63, 3.8) is 0 Å². The highest BCUT2D eigenvalue weighted by atomic mass is 32.7. The van der Waals surface area contributed by atoms with Crippen molar-refractivity contribution in [2.75, 3.05) is 0 Å². The van der Waals surface area contributed by atoms with Crippen molar-refractivity contribution in [3.05, 3.63) is 47.5 Å². The van der Waals surface area contributed by atoms with Gasteiger partial charge in [0.25, 0.3) is 0 Å². The Hall–Kier alpha value is -1.62. The van der Waals surface area contributed by atoms with E-state index in [0.29, 0.717) is 11.1 Å². The van der Waals surface area contributed by atoms with E-state index in [0.717, 1.165) is 0 Å². The predicted molar refractivity (Wildman–Crippen MR) is 83.4 cm³/mol. The third kappa shape index (κ3) is 3.73. The average Bonchev–Trinajstić information content (AvgIpc) is 2.40. The Labute approximate surface area is 128 Å². The second kappa shape index (κ2) is 6.02. The summed E-state index contributed by atoms with van der Waals surface area (Å²) in [6.45, 7) is 3.38. The molecule has 0 aliphatic heterocycles. The van der Waals surface area contributed by atoms with Crippen molar-refractivity contribution in [2.24, 2.45) is 0 Å². The predicted octanol–water partition coefficient (Wildman–Crippen LogP) is 3.39. The molecular formula is C14H15O5PS. The number of para-hydroxylation sites is 2. The highest BCUT2D eigenvalue weighted by molar-refractivity contribution is 8.35. The molecule has 0 aliphatic rings. The molecule has 0 atom stereocenters. The molecule has 3 N–H and O–H groups in total. The lowest BCUT2D eigenvalue weighted by Crippen LogP contribution is -2.05. The first-order valence-corrected chi connectivity index (χ1v) is 8.68. The maximum Gasteiger partial charge on any atom is 0.379 e. The van der Waals surface area contributed by atoms with Gasteiger partial charge in [0, 0.05) is 0 Å². The van der Waals surface area contributed by atoms with E-state index in [9.17, 15) is 15.1 Å². The first-order valence-electron chi connectivity index (χ1n) is 6.09. The average molecular weight is 326 g/mol. The summed E-state index contributed by atoms with van der Waals surface area (Å²) in [6.07, 6.45) is 0. The van der Waals surface area contributed by atoms with Gasteiger partial charge in [0.15, 0.2) is 11.5 Å². The highest BCUT2D eigenvalue weighted by Crippen LogP contribution is 2.57. The maximum atomic E-state index is 10.1. The molecule has 0 unspecified atom stereocenters. The van der Waals surface area contributed by atoms with E-state index in [1.165, 1.54) is 12.1 Å². The molecule has 0 aliphatic carbocycles. The van der Waals surface area contributed by atoms with E-state index in [1.807, 2.05) is 0 Å². The van der Waals surface area contributed by atoms with Crippen molar-refractivity contribution in [1.82, 2.24) is 0 Å². The number of benzene rings is 2. The van der Waals surface area contributed by atoms with Crippen LogP contribution in [0.25, 0.3) is 0 Å². The van der Waals surface area contributed by atoms with Crippen molar-refractivity contribution in [1.29, 1.82) is 0 Å². The number of phenols is 2. The zero-order valence-corrected chi connectivity index (χ0v) is 13.2. The molecule has 0 radical (unpaired) electrons. The van der Waals surface area contributed by atoms with E-state index in [-0.39, 0.29) is 23.0 Å². The van der Waals surface area contributed by atoms with Gasteiger partial charge in [-0.1, -0.05) is 24.3 Å². The molecule has 0 aromatic heterocycles. The van der Waals surface area contributed by atoms with Gasteiger partial charge in [-0.3, -0.25) is 9.05 Å². The summed E-state index contributed by atoms with van der Waals surface area (Å²) < 4.78 is 10.4. The summed E-state index contributed by atoms with van der Waals surface area (Å²) >= 11 is 4.91. The van der Waals surface area contributed by atoms with Crippen LogP contribution in [0.15, 0.2) is 36.4 Å². The van der Waals surface area contributed by atoms with Gasteiger partial charge in [-0.2, -0.15) is 4.89 Å². The van der Waals surface area contributed by atoms with E-state index >= 15 is 0 Å². The van der Waals surface area contributed by atoms with Crippen LogP contribution in [0.2, 0.25) is 0 Å². The van der Waals surface area contributed by atoms with Crippen LogP contribution in [0.3, 0.4) is 0 Å². The van der Waals surface area contributed by atoms with Crippen LogP contribution in [0.5, 0.6) is 23.0 Å². The smallest absolute Gasteiger partial charge is 0.379 e. The summed E-state index contributed by atoms with van der Waals surface area (Å²) in [5.41, 5.74) is 1.17. The maximum absolute atomic E-state index is 10.1. The minimum Gasteiger partial charge on any atom is -0.504 e. The second-order valence-electron chi connectivity index (χ2n) is 4.49. The lowest BCUT2D eigenvalue weighted by atomic mass is 10.2. The fraction of sp³-hybridized carbons (Fsp3) is 0.143. The molecule has 0 bridgehead atoms. The molecule has 5 nitrogen and oxygen atoms in total. The lowest BCUT2D eigenvalue weighted by Gasteiger charge is -2.23. The largest absolute Gasteiger partial charge is 0.504 e. The molecule has 7 heteroatoms. The molecule has 0 fully saturated rings. The Balaban J connectivity index is 2.22. The standard InChI is InChI=1S/C14H15O5PS/c1-9-5-3-7-11(13(9)15)18-20(17,21)19-12-8-4-6-10(2)14(12)16/h3-8,15-16H,1-2H3,(H,17,21). The van der Waals surface area contributed by atoms with Gasteiger partial charge in [0.1, 0.15) is 0 Å². The van der Waals surface area contributed by atoms with E-state index in [4.69, 9.17) is 21.3 Å². The number of hydrogen-bond acceptors (Lipinski definition) is 6. The third-order valence-electron chi connectivity index (χ3n) is 2.83. The summed E-state index contributed by atoms with van der Waals surface area (Å²) in [6, 6.07) is 9.64. The summed E-state index contributed by atoms with van der Waals surface area (Å²) in [4.78, 5) is 10.1. The van der Waals surface area contributed by atoms with E-state index < -0.39 is 7.15 Å². The normalized spacial score (nSPS) is 11.2. The van der Waals surface area contributed by atoms with Crippen molar-refractivity contribution >= 4 is 19.4 Å². The third-order valence-corrected chi connectivity index (χ3v) is 4.13. The number of phenolic OH excluding ortho intramolecular Hbond substituents is 2. The topological polar surface area (TPSA) is 79.2 Å². The highest BCUT2D eigenvalue weighted by Gasteiger charge is 2.30. The first kappa shape index (κ1) is 15.8. The molecule has 0 saturated heterocycles. The zero-order chi connectivity index (χ0) is 15.6. The number of rotatable bonds is 4. The number of aryl methyl sites for hydroxylation is 2. The van der Waals surface area contributed by atoms with Crippen LogP contribution in [0, 0.1) is 13.8 Å². The van der Waals surface area contributed by atoms with Crippen LogP contribution in [0.4, 0.5) is 0 Å². The van der Waals surface area contributed by atoms with Crippen LogP contribution in [0.1, 0.15) is 11.1 Å². The molecule has 112 valence electrons. The Morgan fingerprint density at radius 3 is 1.62 bits per heavy atom. The molecule has 0 amide bonds. The lowest BCUT2D eigenvalue weighted by molar-refractivity contribution is 0.347. The number of hydrogen-bond donors (Lipinski definition) is 3. The minimum absolute atomic E-state index is 0.0352. The fourth-order valence-electron chi connectivity index (χ4n) is 1.68. The monoisotopic (exact) mass is 326 g/mol. The zero-order valence-electron chi connectivity index (χ0n) is 11.5. The Bertz CT molecular complexity index is 604. The minimum atomic E-state index is -3.72. The van der Waals surface area contributed by atoms with Crippen molar-refractivity contribution in [2.45, 2.75) is 13.8 Å². The summed E-state index contributed by atoms with van der Waals surface area (Å²) in [7, 11) is -3.72. The molecule has 0 heterocycles. The van der Waals surface area contributed by atoms with Crippen molar-refractivity contribution < 1.29 is 24.2 Å². The van der Waals surface area contributed by atoms with Crippen LogP contribution >= 0.6 is 7.15 Å². The summed E-state index contributed by atoms with van der Waals surface area (Å²) in [5.74, 6) is -0.156. The molecule has 0 saturated carbocycles. The number of aromatic hydroxyl groups is 2. The van der Waals surface area contributed by atoms with Gasteiger partial charge in [0.05, 0.1) is 0 Å². The van der Waals surface area contributed by atoms with Crippen LogP contribution in [-0.2, 0) is 12.2 Å². The summed E-state index contributed by atoms with van der Waals surface area (Å²) in [5, 5.41) is 19.7. The molecule has 2 aromatic rings. The van der Waals surface area contributed by atoms with E-state index in [2.05, 4.69) is 0 Å². The quantitative estimate of drug-likeness (QED) is 0.590. The Morgan fingerprint density at radius 2 is 1.24 bits per heavy atom. The van der Waals surface area contributed by atoms with Gasteiger partial charge in [-0.25, -0.2) is 0 Å². The van der Waals surface area contributed by atoms with Gasteiger partial charge in [0.2, 0.25) is 11.5 Å². The van der Waals surface area contributed by atoms with Gasteiger partial charge in [-0.15, -0.1) is 0 Å². The SMILES string of the molecule is Cc1cccc(O[P+](O)([S-])Oc2cccc(C)c2O)c1O. The van der Waals surface area contributed by atoms with Gasteiger partial charge >= 0.3 is 7.15 Å². The Kier molecular flexibility index (Phi) is 4.52. The second-order valence-corrected chi connectivity index (χ2v) is 7.18. The molecule has 21 heavy (non-hydrogen) atoms. The molecular weight excluding hydrogens is 311 g/mol. The first-order chi connectivity index (χ1) is 9.80. The van der Waals surface area contributed by atoms with Crippen LogP contribution < -0.4 is 9.05 Å². The van der Waals surface area contributed by atoms with Gasteiger partial charge < -0.3 is 22.5 Å². The van der Waals surface area contributed by atoms with E-state index in [1.54, 1.807) is 38.1 Å². The van der Waals surface area contributed by atoms with Gasteiger partial charge in [-0.05, 0) is 37.1 Å². The molecule has 2 rings (SSSR count). The molecule has 0 spiro atoms. The van der Waals surface area contributed by atoms with Crippen molar-refractivity contribution in [3.8, 4) is 23.0 Å². The Morgan fingerprint density at radius 1 is 0.857 bits per heavy atom. The molecule has 2 aromatic carbocycles.